The lowest BCUT2D eigenvalue weighted by molar-refractivity contribution is -0.895. The van der Waals surface area contributed by atoms with E-state index in [4.69, 9.17) is 11.6 Å². The minimum atomic E-state index is -0.259. The largest absolute Gasteiger partial charge is 0.333 e. The normalized spacial score (nSPS) is 15.8. The predicted molar refractivity (Wildman–Crippen MR) is 134 cm³/mol. The van der Waals surface area contributed by atoms with Crippen molar-refractivity contribution in [2.24, 2.45) is 0 Å². The number of thiophene rings is 1. The Kier molecular flexibility index (Phi) is 5.44. The summed E-state index contributed by atoms with van der Waals surface area (Å²) in [7, 11) is 2.18. The summed E-state index contributed by atoms with van der Waals surface area (Å²) < 4.78 is 16.9. The third-order valence-corrected chi connectivity index (χ3v) is 8.57. The molecule has 1 atom stereocenters. The van der Waals surface area contributed by atoms with Crippen LogP contribution in [-0.4, -0.2) is 32.8 Å². The van der Waals surface area contributed by atoms with Crippen LogP contribution in [0.1, 0.15) is 16.0 Å². The summed E-state index contributed by atoms with van der Waals surface area (Å²) in [5, 5.41) is 10.9. The standard InChI is InChI=1S/C24H19ClFN5OS2/c1-29-10-9-18-19(12-29)34-22-20(18)21(32)30(17-4-2-3-15(25)11-17)23-27-28-24(31(22)23)33-13-14-5-7-16(26)8-6-14/h2-8,11H,9-10,12-13H2,1H3/p+1. The molecule has 2 aromatic carbocycles. The first-order valence-electron chi connectivity index (χ1n) is 10.9. The first-order valence-corrected chi connectivity index (χ1v) is 13.1. The van der Waals surface area contributed by atoms with Crippen LogP contribution in [0.25, 0.3) is 21.7 Å². The van der Waals surface area contributed by atoms with Gasteiger partial charge in [0.25, 0.3) is 5.56 Å². The highest BCUT2D eigenvalue weighted by Crippen LogP contribution is 2.34. The van der Waals surface area contributed by atoms with Crippen molar-refractivity contribution < 1.29 is 9.29 Å². The average molecular weight is 513 g/mol. The molecule has 6 nitrogen and oxygen atoms in total. The lowest BCUT2D eigenvalue weighted by Crippen LogP contribution is -3.08. The maximum absolute atomic E-state index is 13.9. The Morgan fingerprint density at radius 3 is 2.82 bits per heavy atom. The molecule has 0 aliphatic carbocycles. The second kappa shape index (κ2) is 8.49. The van der Waals surface area contributed by atoms with Crippen molar-refractivity contribution in [2.45, 2.75) is 23.9 Å². The van der Waals surface area contributed by atoms with E-state index < -0.39 is 0 Å². The van der Waals surface area contributed by atoms with Gasteiger partial charge in [0.1, 0.15) is 17.2 Å². The lowest BCUT2D eigenvalue weighted by atomic mass is 10.1. The summed E-state index contributed by atoms with van der Waals surface area (Å²) in [5.74, 6) is 0.808. The fourth-order valence-corrected chi connectivity index (χ4v) is 7.02. The van der Waals surface area contributed by atoms with Crippen LogP contribution in [0.3, 0.4) is 0 Å². The predicted octanol–water partition coefficient (Wildman–Crippen LogP) is 3.75. The van der Waals surface area contributed by atoms with E-state index in [1.54, 1.807) is 40.2 Å². The zero-order valence-electron chi connectivity index (χ0n) is 18.2. The molecule has 6 rings (SSSR count). The average Bonchev–Trinajstić information content (AvgIpc) is 3.40. The smallest absolute Gasteiger partial charge is 0.268 e. The van der Waals surface area contributed by atoms with Gasteiger partial charge < -0.3 is 4.90 Å². The van der Waals surface area contributed by atoms with Crippen molar-refractivity contribution in [3.63, 3.8) is 0 Å². The van der Waals surface area contributed by atoms with Gasteiger partial charge in [-0.25, -0.2) is 13.4 Å². The molecule has 1 aliphatic rings. The van der Waals surface area contributed by atoms with Gasteiger partial charge in [0.2, 0.25) is 5.78 Å². The fourth-order valence-electron chi connectivity index (χ4n) is 4.44. The molecule has 0 radical (unpaired) electrons. The topological polar surface area (TPSA) is 56.6 Å². The van der Waals surface area contributed by atoms with Crippen LogP contribution in [0.5, 0.6) is 0 Å². The fraction of sp³-hybridized carbons (Fsp3) is 0.208. The van der Waals surface area contributed by atoms with Crippen LogP contribution >= 0.6 is 34.7 Å². The van der Waals surface area contributed by atoms with Crippen LogP contribution in [0, 0.1) is 5.82 Å². The Balaban J connectivity index is 1.59. The van der Waals surface area contributed by atoms with Crippen molar-refractivity contribution >= 4 is 50.7 Å². The Morgan fingerprint density at radius 2 is 2.03 bits per heavy atom. The van der Waals surface area contributed by atoms with E-state index >= 15 is 0 Å². The summed E-state index contributed by atoms with van der Waals surface area (Å²) in [5.41, 5.74) is 2.68. The van der Waals surface area contributed by atoms with Gasteiger partial charge in [-0.1, -0.05) is 41.6 Å². The SMILES string of the molecule is C[NH+]1CCc2c(sc3c2c(=O)n(-c2cccc(Cl)c2)c2nnc(SCc4ccc(F)cc4)n32)C1. The molecule has 3 aromatic heterocycles. The number of hydrogen-bond acceptors (Lipinski definition) is 5. The number of hydrogen-bond donors (Lipinski definition) is 1. The van der Waals surface area contributed by atoms with Crippen LogP contribution in [0.2, 0.25) is 5.02 Å². The monoisotopic (exact) mass is 512 g/mol. The van der Waals surface area contributed by atoms with Crippen molar-refractivity contribution in [1.82, 2.24) is 19.2 Å². The third-order valence-electron chi connectivity index (χ3n) is 6.12. The quantitative estimate of drug-likeness (QED) is 0.373. The first kappa shape index (κ1) is 21.8. The zero-order valence-corrected chi connectivity index (χ0v) is 20.6. The summed E-state index contributed by atoms with van der Waals surface area (Å²) in [6.07, 6.45) is 0.859. The molecule has 1 unspecified atom stereocenters. The van der Waals surface area contributed by atoms with Gasteiger partial charge in [-0.3, -0.25) is 4.79 Å². The molecule has 0 bridgehead atoms. The summed E-state index contributed by atoms with van der Waals surface area (Å²) >= 11 is 9.44. The van der Waals surface area contributed by atoms with E-state index in [1.807, 2.05) is 16.5 Å². The van der Waals surface area contributed by atoms with Gasteiger partial charge in [-0.05, 0) is 41.5 Å². The molecule has 0 saturated heterocycles. The molecule has 5 aromatic rings. The van der Waals surface area contributed by atoms with E-state index in [-0.39, 0.29) is 11.4 Å². The lowest BCUT2D eigenvalue weighted by Gasteiger charge is -2.19. The first-order chi connectivity index (χ1) is 16.5. The molecule has 0 saturated carbocycles. The minimum Gasteiger partial charge on any atom is -0.333 e. The molecule has 10 heteroatoms. The minimum absolute atomic E-state index is 0.0932. The summed E-state index contributed by atoms with van der Waals surface area (Å²) in [6.45, 7) is 1.88. The molecule has 1 aliphatic heterocycles. The Bertz CT molecular complexity index is 1610. The van der Waals surface area contributed by atoms with Crippen LogP contribution in [0.15, 0.2) is 58.5 Å². The number of halogens is 2. The number of nitrogens with zero attached hydrogens (tertiary/aromatic N) is 4. The molecule has 0 spiro atoms. The highest BCUT2D eigenvalue weighted by molar-refractivity contribution is 7.98. The van der Waals surface area contributed by atoms with E-state index in [9.17, 15) is 9.18 Å². The number of likely N-dealkylation sites (N-methyl/N-ethyl adjacent to an activating group) is 1. The van der Waals surface area contributed by atoms with Crippen molar-refractivity contribution in [3.05, 3.63) is 85.7 Å². The second-order valence-electron chi connectivity index (χ2n) is 8.47. The number of rotatable bonds is 4. The Hall–Kier alpha value is -2.72. The van der Waals surface area contributed by atoms with E-state index in [0.29, 0.717) is 27.4 Å². The number of aromatic nitrogens is 4. The molecule has 172 valence electrons. The number of benzene rings is 2. The van der Waals surface area contributed by atoms with Crippen molar-refractivity contribution in [2.75, 3.05) is 13.6 Å². The van der Waals surface area contributed by atoms with Crippen LogP contribution < -0.4 is 10.5 Å². The zero-order chi connectivity index (χ0) is 23.4. The van der Waals surface area contributed by atoms with E-state index in [0.717, 1.165) is 40.9 Å². The molecule has 0 amide bonds. The number of nitrogens with one attached hydrogen (secondary N) is 1. The molecule has 4 heterocycles. The molecular weight excluding hydrogens is 493 g/mol. The van der Waals surface area contributed by atoms with Gasteiger partial charge in [0, 0.05) is 17.2 Å². The Morgan fingerprint density at radius 1 is 1.21 bits per heavy atom. The highest BCUT2D eigenvalue weighted by atomic mass is 35.5. The summed E-state index contributed by atoms with van der Waals surface area (Å²) in [6, 6.07) is 13.7. The van der Waals surface area contributed by atoms with E-state index in [2.05, 4.69) is 17.2 Å². The van der Waals surface area contributed by atoms with Gasteiger partial charge in [0.15, 0.2) is 5.16 Å². The molecule has 34 heavy (non-hydrogen) atoms. The van der Waals surface area contributed by atoms with Gasteiger partial charge in [-0.15, -0.1) is 21.5 Å². The maximum Gasteiger partial charge on any atom is 0.268 e. The third kappa shape index (κ3) is 3.63. The van der Waals surface area contributed by atoms with Crippen LogP contribution in [0.4, 0.5) is 4.39 Å². The summed E-state index contributed by atoms with van der Waals surface area (Å²) in [4.78, 5) is 17.4. The van der Waals surface area contributed by atoms with E-state index in [1.165, 1.54) is 33.7 Å². The highest BCUT2D eigenvalue weighted by Gasteiger charge is 2.28. The number of thioether (sulfide) groups is 1. The molecule has 1 N–H and O–H groups in total. The van der Waals surface area contributed by atoms with Crippen LogP contribution in [-0.2, 0) is 18.7 Å². The Labute approximate surface area is 207 Å². The van der Waals surface area contributed by atoms with Gasteiger partial charge in [-0.2, -0.15) is 0 Å². The van der Waals surface area contributed by atoms with Gasteiger partial charge in [0.05, 0.1) is 29.5 Å². The van der Waals surface area contributed by atoms with Gasteiger partial charge >= 0.3 is 0 Å². The number of fused-ring (bicyclic) bond motifs is 5. The maximum atomic E-state index is 13.9. The molecule has 0 fully saturated rings. The molecular formula is C24H20ClFN5OS2+. The van der Waals surface area contributed by atoms with Crippen molar-refractivity contribution in [3.8, 4) is 5.69 Å². The number of quaternary nitrogens is 1. The van der Waals surface area contributed by atoms with Crippen molar-refractivity contribution in [1.29, 1.82) is 0 Å². The second-order valence-corrected chi connectivity index (χ2v) is 10.9.